The summed E-state index contributed by atoms with van der Waals surface area (Å²) >= 11 is 9.79. The quantitative estimate of drug-likeness (QED) is 0.879. The SMILES string of the molecule is COc1ccc(Br)cc1NS(=O)(=O)c1cnc(Cl)s1. The molecule has 0 atom stereocenters. The van der Waals surface area contributed by atoms with Crippen LogP contribution in [0.25, 0.3) is 0 Å². The molecule has 1 heterocycles. The predicted octanol–water partition coefficient (Wildman–Crippen LogP) is 3.37. The van der Waals surface area contributed by atoms with E-state index in [-0.39, 0.29) is 8.68 Å². The first kappa shape index (κ1) is 14.6. The third-order valence-electron chi connectivity index (χ3n) is 2.13. The summed E-state index contributed by atoms with van der Waals surface area (Å²) in [5.74, 6) is 0.419. The number of rotatable bonds is 4. The Bertz CT molecular complexity index is 703. The van der Waals surface area contributed by atoms with Gasteiger partial charge in [-0.25, -0.2) is 13.4 Å². The smallest absolute Gasteiger partial charge is 0.273 e. The van der Waals surface area contributed by atoms with Crippen molar-refractivity contribution in [2.75, 3.05) is 11.8 Å². The van der Waals surface area contributed by atoms with Crippen molar-refractivity contribution in [3.8, 4) is 5.75 Å². The van der Waals surface area contributed by atoms with Crippen molar-refractivity contribution in [1.29, 1.82) is 0 Å². The lowest BCUT2D eigenvalue weighted by Gasteiger charge is -2.10. The fourth-order valence-corrected chi connectivity index (χ4v) is 4.03. The fraction of sp³-hybridized carbons (Fsp3) is 0.100. The molecule has 19 heavy (non-hydrogen) atoms. The van der Waals surface area contributed by atoms with E-state index in [0.717, 1.165) is 15.8 Å². The van der Waals surface area contributed by atoms with Crippen molar-refractivity contribution in [1.82, 2.24) is 4.98 Å². The van der Waals surface area contributed by atoms with Gasteiger partial charge in [-0.05, 0) is 18.2 Å². The second-order valence-corrected chi connectivity index (χ2v) is 7.82. The molecule has 1 aromatic heterocycles. The number of hydrogen-bond donors (Lipinski definition) is 1. The normalized spacial score (nSPS) is 11.3. The average molecular weight is 384 g/mol. The summed E-state index contributed by atoms with van der Waals surface area (Å²) in [6.45, 7) is 0. The van der Waals surface area contributed by atoms with E-state index < -0.39 is 10.0 Å². The number of benzene rings is 1. The summed E-state index contributed by atoms with van der Waals surface area (Å²) in [5, 5.41) is 0. The molecule has 0 fully saturated rings. The number of methoxy groups -OCH3 is 1. The number of hydrogen-bond acceptors (Lipinski definition) is 5. The lowest BCUT2D eigenvalue weighted by Crippen LogP contribution is -2.12. The van der Waals surface area contributed by atoms with E-state index in [4.69, 9.17) is 16.3 Å². The molecule has 1 aromatic carbocycles. The lowest BCUT2D eigenvalue weighted by molar-refractivity contribution is 0.417. The van der Waals surface area contributed by atoms with Crippen LogP contribution in [0.4, 0.5) is 5.69 Å². The van der Waals surface area contributed by atoms with Crippen LogP contribution >= 0.6 is 38.9 Å². The molecule has 0 aliphatic carbocycles. The number of anilines is 1. The molecular formula is C10H8BrClN2O3S2. The van der Waals surface area contributed by atoms with Gasteiger partial charge >= 0.3 is 0 Å². The Kier molecular flexibility index (Phi) is 4.34. The zero-order valence-electron chi connectivity index (χ0n) is 9.55. The maximum atomic E-state index is 12.1. The maximum Gasteiger partial charge on any atom is 0.273 e. The molecule has 0 saturated carbocycles. The van der Waals surface area contributed by atoms with Gasteiger partial charge in [-0.1, -0.05) is 38.9 Å². The van der Waals surface area contributed by atoms with Gasteiger partial charge in [0.15, 0.2) is 8.68 Å². The molecule has 102 valence electrons. The van der Waals surface area contributed by atoms with Crippen LogP contribution in [0.1, 0.15) is 0 Å². The van der Waals surface area contributed by atoms with Gasteiger partial charge in [-0.15, -0.1) is 0 Å². The monoisotopic (exact) mass is 382 g/mol. The standard InChI is InChI=1S/C10H8BrClN2O3S2/c1-17-8-3-2-6(11)4-7(8)14-19(15,16)9-5-13-10(12)18-9/h2-5,14H,1H3. The van der Waals surface area contributed by atoms with Gasteiger partial charge in [-0.3, -0.25) is 4.72 Å². The predicted molar refractivity (Wildman–Crippen MR) is 78.6 cm³/mol. The van der Waals surface area contributed by atoms with Crippen molar-refractivity contribution in [3.05, 3.63) is 33.3 Å². The molecule has 0 spiro atoms. The van der Waals surface area contributed by atoms with Gasteiger partial charge in [0.25, 0.3) is 10.0 Å². The van der Waals surface area contributed by atoms with Gasteiger partial charge in [0.2, 0.25) is 0 Å². The Morgan fingerprint density at radius 3 is 2.79 bits per heavy atom. The van der Waals surface area contributed by atoms with E-state index >= 15 is 0 Å². The summed E-state index contributed by atoms with van der Waals surface area (Å²) in [7, 11) is -2.26. The maximum absolute atomic E-state index is 12.1. The summed E-state index contributed by atoms with van der Waals surface area (Å²) in [6.07, 6.45) is 1.21. The Hall–Kier alpha value is -0.830. The van der Waals surface area contributed by atoms with Crippen LogP contribution < -0.4 is 9.46 Å². The Morgan fingerprint density at radius 1 is 1.47 bits per heavy atom. The summed E-state index contributed by atoms with van der Waals surface area (Å²) in [5.41, 5.74) is 0.335. The van der Waals surface area contributed by atoms with Crippen molar-refractivity contribution < 1.29 is 13.2 Å². The third-order valence-corrected chi connectivity index (χ3v) is 5.56. The van der Waals surface area contributed by atoms with Crippen molar-refractivity contribution in [2.24, 2.45) is 0 Å². The molecule has 0 saturated heterocycles. The highest BCUT2D eigenvalue weighted by atomic mass is 79.9. The van der Waals surface area contributed by atoms with Crippen LogP contribution in [0, 0.1) is 0 Å². The van der Waals surface area contributed by atoms with Crippen LogP contribution in [0.3, 0.4) is 0 Å². The van der Waals surface area contributed by atoms with Gasteiger partial charge < -0.3 is 4.74 Å². The molecular weight excluding hydrogens is 376 g/mol. The number of ether oxygens (including phenoxy) is 1. The molecule has 5 nitrogen and oxygen atoms in total. The minimum Gasteiger partial charge on any atom is -0.495 e. The van der Waals surface area contributed by atoms with Crippen molar-refractivity contribution in [2.45, 2.75) is 4.21 Å². The molecule has 0 bridgehead atoms. The van der Waals surface area contributed by atoms with Crippen molar-refractivity contribution >= 4 is 54.6 Å². The molecule has 2 rings (SSSR count). The minimum atomic E-state index is -3.72. The lowest BCUT2D eigenvalue weighted by atomic mass is 10.3. The van der Waals surface area contributed by atoms with E-state index in [2.05, 4.69) is 25.6 Å². The molecule has 1 N–H and O–H groups in total. The largest absolute Gasteiger partial charge is 0.495 e. The van der Waals surface area contributed by atoms with Crippen molar-refractivity contribution in [3.63, 3.8) is 0 Å². The Labute approximate surface area is 127 Å². The molecule has 9 heteroatoms. The second-order valence-electron chi connectivity index (χ2n) is 3.38. The zero-order valence-corrected chi connectivity index (χ0v) is 13.5. The van der Waals surface area contributed by atoms with Crippen LogP contribution in [0.15, 0.2) is 33.1 Å². The fourth-order valence-electron chi connectivity index (χ4n) is 1.32. The van der Waals surface area contributed by atoms with Crippen LogP contribution in [0.2, 0.25) is 4.47 Å². The van der Waals surface area contributed by atoms with Gasteiger partial charge in [0.1, 0.15) is 5.75 Å². The van der Waals surface area contributed by atoms with E-state index in [1.165, 1.54) is 13.3 Å². The van der Waals surface area contributed by atoms with Gasteiger partial charge in [-0.2, -0.15) is 0 Å². The number of nitrogens with zero attached hydrogens (tertiary/aromatic N) is 1. The van der Waals surface area contributed by atoms with E-state index in [9.17, 15) is 8.42 Å². The van der Waals surface area contributed by atoms with Crippen LogP contribution in [-0.2, 0) is 10.0 Å². The van der Waals surface area contributed by atoms with Gasteiger partial charge in [0.05, 0.1) is 19.0 Å². The van der Waals surface area contributed by atoms with E-state index in [1.807, 2.05) is 0 Å². The number of halogens is 2. The first-order chi connectivity index (χ1) is 8.92. The topological polar surface area (TPSA) is 68.3 Å². The molecule has 0 unspecified atom stereocenters. The minimum absolute atomic E-state index is 0.0412. The molecule has 0 aliphatic heterocycles. The van der Waals surface area contributed by atoms with E-state index in [1.54, 1.807) is 18.2 Å². The molecule has 0 aliphatic rings. The number of thiazole rings is 1. The summed E-state index contributed by atoms with van der Waals surface area (Å²) in [6, 6.07) is 5.01. The highest BCUT2D eigenvalue weighted by Crippen LogP contribution is 2.31. The number of nitrogens with one attached hydrogen (secondary N) is 1. The second kappa shape index (κ2) is 5.66. The van der Waals surface area contributed by atoms with Gasteiger partial charge in [0, 0.05) is 4.47 Å². The number of sulfonamides is 1. The summed E-state index contributed by atoms with van der Waals surface area (Å²) in [4.78, 5) is 3.71. The number of aromatic nitrogens is 1. The van der Waals surface area contributed by atoms with Crippen LogP contribution in [0.5, 0.6) is 5.75 Å². The Morgan fingerprint density at radius 2 is 2.21 bits per heavy atom. The first-order valence-corrected chi connectivity index (χ1v) is 8.37. The summed E-state index contributed by atoms with van der Waals surface area (Å²) < 4.78 is 32.7. The first-order valence-electron chi connectivity index (χ1n) is 4.90. The highest BCUT2D eigenvalue weighted by molar-refractivity contribution is 9.10. The van der Waals surface area contributed by atoms with Crippen LogP contribution in [-0.4, -0.2) is 20.5 Å². The van der Waals surface area contributed by atoms with E-state index in [0.29, 0.717) is 11.4 Å². The molecule has 0 radical (unpaired) electrons. The third kappa shape index (κ3) is 3.38. The molecule has 0 amide bonds. The highest BCUT2D eigenvalue weighted by Gasteiger charge is 2.19. The molecule has 2 aromatic rings. The zero-order chi connectivity index (χ0) is 14.0. The Balaban J connectivity index is 2.38. The average Bonchev–Trinajstić information content (AvgIpc) is 2.76.